The van der Waals surface area contributed by atoms with Crippen molar-refractivity contribution in [2.75, 3.05) is 0 Å². The first kappa shape index (κ1) is 25.5. The number of hydrogen-bond acceptors (Lipinski definition) is 2. The van der Waals surface area contributed by atoms with Crippen LogP contribution in [0.5, 0.6) is 0 Å². The van der Waals surface area contributed by atoms with E-state index in [1.54, 1.807) is 11.0 Å². The molecule has 0 aliphatic carbocycles. The Bertz CT molecular complexity index is 1120. The van der Waals surface area contributed by atoms with E-state index in [9.17, 15) is 9.59 Å². The maximum Gasteiger partial charge on any atom is 0.243 e. The minimum absolute atomic E-state index is 0.101. The number of nitrogens with zero attached hydrogens (tertiary/aromatic N) is 1. The Kier molecular flexibility index (Phi) is 8.51. The third-order valence-electron chi connectivity index (χ3n) is 5.45. The Morgan fingerprint density at radius 2 is 1.53 bits per heavy atom. The monoisotopic (exact) mass is 476 g/mol. The van der Waals surface area contributed by atoms with Crippen LogP contribution >= 0.6 is 11.6 Å². The first-order valence-electron chi connectivity index (χ1n) is 11.6. The molecule has 0 aliphatic heterocycles. The highest BCUT2D eigenvalue weighted by Crippen LogP contribution is 2.19. The van der Waals surface area contributed by atoms with Gasteiger partial charge in [-0.25, -0.2) is 0 Å². The highest BCUT2D eigenvalue weighted by molar-refractivity contribution is 6.30. The number of rotatable bonds is 8. The Labute approximate surface area is 207 Å². The number of amides is 2. The average molecular weight is 477 g/mol. The van der Waals surface area contributed by atoms with E-state index in [2.05, 4.69) is 5.32 Å². The predicted octanol–water partition coefficient (Wildman–Crippen LogP) is 5.75. The minimum Gasteiger partial charge on any atom is -0.350 e. The standard InChI is InChI=1S/C29H33ClN2O2/c1-21-10-8-13-23(16-21)19-27(33)32(20-24-14-9-15-25(30)17-24)26(28(34)31-29(2,3)4)18-22-11-6-5-7-12-22/h5-17,26H,18-20H2,1-4H3,(H,31,34)/t26-/m1/s1. The molecule has 178 valence electrons. The molecule has 0 unspecified atom stereocenters. The lowest BCUT2D eigenvalue weighted by molar-refractivity contribution is -0.141. The summed E-state index contributed by atoms with van der Waals surface area (Å²) < 4.78 is 0. The second kappa shape index (κ2) is 11.3. The lowest BCUT2D eigenvalue weighted by atomic mass is 9.99. The molecule has 0 heterocycles. The molecule has 3 aromatic carbocycles. The van der Waals surface area contributed by atoms with Gasteiger partial charge in [0.2, 0.25) is 11.8 Å². The number of hydrogen-bond donors (Lipinski definition) is 1. The van der Waals surface area contributed by atoms with E-state index < -0.39 is 11.6 Å². The lowest BCUT2D eigenvalue weighted by Gasteiger charge is -2.34. The lowest BCUT2D eigenvalue weighted by Crippen LogP contribution is -2.54. The molecule has 0 radical (unpaired) electrons. The van der Waals surface area contributed by atoms with Crippen LogP contribution in [0.4, 0.5) is 0 Å². The molecule has 5 heteroatoms. The van der Waals surface area contributed by atoms with Crippen LogP contribution in [0.15, 0.2) is 78.9 Å². The van der Waals surface area contributed by atoms with Crippen molar-refractivity contribution in [1.29, 1.82) is 0 Å². The topological polar surface area (TPSA) is 49.4 Å². The van der Waals surface area contributed by atoms with Gasteiger partial charge in [0.05, 0.1) is 6.42 Å². The largest absolute Gasteiger partial charge is 0.350 e. The van der Waals surface area contributed by atoms with Gasteiger partial charge in [-0.3, -0.25) is 9.59 Å². The van der Waals surface area contributed by atoms with Crippen LogP contribution in [0.2, 0.25) is 5.02 Å². The van der Waals surface area contributed by atoms with E-state index in [1.807, 2.05) is 100 Å². The molecule has 34 heavy (non-hydrogen) atoms. The van der Waals surface area contributed by atoms with Crippen molar-refractivity contribution in [2.24, 2.45) is 0 Å². The zero-order chi connectivity index (χ0) is 24.7. The van der Waals surface area contributed by atoms with Crippen LogP contribution in [0.1, 0.15) is 43.0 Å². The van der Waals surface area contributed by atoms with Crippen LogP contribution in [0, 0.1) is 6.92 Å². The molecule has 0 fully saturated rings. The van der Waals surface area contributed by atoms with E-state index in [1.165, 1.54) is 0 Å². The van der Waals surface area contributed by atoms with Gasteiger partial charge in [0, 0.05) is 23.5 Å². The maximum atomic E-state index is 13.7. The fraction of sp³-hybridized carbons (Fsp3) is 0.310. The van der Waals surface area contributed by atoms with Gasteiger partial charge in [-0.05, 0) is 56.5 Å². The Morgan fingerprint density at radius 3 is 2.18 bits per heavy atom. The number of benzene rings is 3. The van der Waals surface area contributed by atoms with Gasteiger partial charge in [0.25, 0.3) is 0 Å². The SMILES string of the molecule is Cc1cccc(CC(=O)N(Cc2cccc(Cl)c2)[C@H](Cc2ccccc2)C(=O)NC(C)(C)C)c1. The third-order valence-corrected chi connectivity index (χ3v) is 5.68. The van der Waals surface area contributed by atoms with Crippen molar-refractivity contribution in [1.82, 2.24) is 10.2 Å². The molecule has 0 aliphatic rings. The van der Waals surface area contributed by atoms with E-state index in [0.29, 0.717) is 18.0 Å². The fourth-order valence-electron chi connectivity index (χ4n) is 3.94. The van der Waals surface area contributed by atoms with Crippen molar-refractivity contribution in [3.63, 3.8) is 0 Å². The van der Waals surface area contributed by atoms with Gasteiger partial charge >= 0.3 is 0 Å². The molecular formula is C29H33ClN2O2. The van der Waals surface area contributed by atoms with Crippen LogP contribution in [-0.4, -0.2) is 28.3 Å². The molecule has 2 amide bonds. The Hall–Kier alpha value is -3.11. The second-order valence-electron chi connectivity index (χ2n) is 9.76. The van der Waals surface area contributed by atoms with Gasteiger partial charge in [0.15, 0.2) is 0 Å². The van der Waals surface area contributed by atoms with E-state index in [-0.39, 0.29) is 18.2 Å². The number of aryl methyl sites for hydroxylation is 1. The molecule has 1 N–H and O–H groups in total. The summed E-state index contributed by atoms with van der Waals surface area (Å²) in [5.41, 5.74) is 3.48. The van der Waals surface area contributed by atoms with Crippen molar-refractivity contribution in [3.8, 4) is 0 Å². The predicted molar refractivity (Wildman–Crippen MR) is 139 cm³/mol. The Balaban J connectivity index is 1.99. The van der Waals surface area contributed by atoms with E-state index in [0.717, 1.165) is 22.3 Å². The summed E-state index contributed by atoms with van der Waals surface area (Å²) >= 11 is 6.23. The van der Waals surface area contributed by atoms with Crippen LogP contribution in [0.3, 0.4) is 0 Å². The average Bonchev–Trinajstić information content (AvgIpc) is 2.75. The first-order valence-corrected chi connectivity index (χ1v) is 11.9. The van der Waals surface area contributed by atoms with Gasteiger partial charge in [0.1, 0.15) is 6.04 Å². The van der Waals surface area contributed by atoms with Crippen molar-refractivity contribution in [2.45, 2.75) is 58.7 Å². The third kappa shape index (κ3) is 7.74. The summed E-state index contributed by atoms with van der Waals surface area (Å²) in [6, 6.07) is 24.5. The quantitative estimate of drug-likeness (QED) is 0.450. The van der Waals surface area contributed by atoms with Crippen LogP contribution < -0.4 is 5.32 Å². The zero-order valence-electron chi connectivity index (χ0n) is 20.3. The Morgan fingerprint density at radius 1 is 0.882 bits per heavy atom. The van der Waals surface area contributed by atoms with Gasteiger partial charge in [-0.2, -0.15) is 0 Å². The van der Waals surface area contributed by atoms with Crippen molar-refractivity contribution >= 4 is 23.4 Å². The van der Waals surface area contributed by atoms with Crippen molar-refractivity contribution in [3.05, 3.63) is 106 Å². The highest BCUT2D eigenvalue weighted by atomic mass is 35.5. The number of carbonyl (C=O) groups excluding carboxylic acids is 2. The molecule has 0 bridgehead atoms. The first-order chi connectivity index (χ1) is 16.1. The zero-order valence-corrected chi connectivity index (χ0v) is 21.1. The smallest absolute Gasteiger partial charge is 0.243 e. The van der Waals surface area contributed by atoms with Gasteiger partial charge in [-0.15, -0.1) is 0 Å². The van der Waals surface area contributed by atoms with Gasteiger partial charge in [-0.1, -0.05) is 83.9 Å². The van der Waals surface area contributed by atoms with E-state index >= 15 is 0 Å². The summed E-state index contributed by atoms with van der Waals surface area (Å²) in [5, 5.41) is 3.69. The minimum atomic E-state index is -0.669. The molecule has 0 saturated heterocycles. The summed E-state index contributed by atoms with van der Waals surface area (Å²) in [6.45, 7) is 8.13. The highest BCUT2D eigenvalue weighted by Gasteiger charge is 2.32. The molecule has 3 rings (SSSR count). The summed E-state index contributed by atoms with van der Waals surface area (Å²) in [5.74, 6) is -0.272. The maximum absolute atomic E-state index is 13.7. The number of carbonyl (C=O) groups is 2. The molecule has 1 atom stereocenters. The molecule has 0 spiro atoms. The molecule has 4 nitrogen and oxygen atoms in total. The molecule has 0 saturated carbocycles. The summed E-state index contributed by atoms with van der Waals surface area (Å²) in [7, 11) is 0. The van der Waals surface area contributed by atoms with Crippen molar-refractivity contribution < 1.29 is 9.59 Å². The van der Waals surface area contributed by atoms with E-state index in [4.69, 9.17) is 11.6 Å². The van der Waals surface area contributed by atoms with Gasteiger partial charge < -0.3 is 10.2 Å². The van der Waals surface area contributed by atoms with Crippen LogP contribution in [0.25, 0.3) is 0 Å². The summed E-state index contributed by atoms with van der Waals surface area (Å²) in [6.07, 6.45) is 0.638. The second-order valence-corrected chi connectivity index (χ2v) is 10.2. The fourth-order valence-corrected chi connectivity index (χ4v) is 4.15. The van der Waals surface area contributed by atoms with Crippen LogP contribution in [-0.2, 0) is 29.0 Å². The number of nitrogens with one attached hydrogen (secondary N) is 1. The molecular weight excluding hydrogens is 444 g/mol. The molecule has 0 aromatic heterocycles. The normalized spacial score (nSPS) is 12.1. The summed E-state index contributed by atoms with van der Waals surface area (Å²) in [4.78, 5) is 29.0. The molecule has 3 aromatic rings. The number of halogens is 1.